The van der Waals surface area contributed by atoms with Crippen LogP contribution in [0.5, 0.6) is 0 Å². The summed E-state index contributed by atoms with van der Waals surface area (Å²) in [6, 6.07) is 14.7. The molecule has 5 heteroatoms. The number of nitrogens with one attached hydrogen (secondary N) is 1. The summed E-state index contributed by atoms with van der Waals surface area (Å²) < 4.78 is 19.8. The molecule has 1 heterocycles. The number of hydrogen-bond acceptors (Lipinski definition) is 3. The van der Waals surface area contributed by atoms with E-state index in [2.05, 4.69) is 10.3 Å². The predicted molar refractivity (Wildman–Crippen MR) is 107 cm³/mol. The molecule has 0 aliphatic heterocycles. The molecule has 0 aliphatic carbocycles. The molecular weight excluding hydrogens is 355 g/mol. The number of carbonyl (C=O) groups excluding carboxylic acids is 1. The molecule has 1 aromatic heterocycles. The third-order valence-corrected chi connectivity index (χ3v) is 4.79. The number of aromatic nitrogens is 1. The molecule has 0 atom stereocenters. The summed E-state index contributed by atoms with van der Waals surface area (Å²) in [5.74, 6) is 0.847. The average Bonchev–Trinajstić information content (AvgIpc) is 3.14. The first kappa shape index (κ1) is 19.8. The SMILES string of the molecule is Cc1ccc(-c2cnc(CCC(=O)NCC(C)(C)c3ccccc3F)o2)cc1. The van der Waals surface area contributed by atoms with Gasteiger partial charge < -0.3 is 9.73 Å². The molecule has 0 bridgehead atoms. The topological polar surface area (TPSA) is 55.1 Å². The largest absolute Gasteiger partial charge is 0.441 e. The van der Waals surface area contributed by atoms with Crippen LogP contribution in [0.3, 0.4) is 0 Å². The standard InChI is InChI=1S/C23H25FN2O2/c1-16-8-10-17(11-9-16)20-14-25-22(28-20)13-12-21(27)26-15-23(2,3)18-6-4-5-7-19(18)24/h4-11,14H,12-13,15H2,1-3H3,(H,26,27). The fraction of sp³-hybridized carbons (Fsp3) is 0.304. The Morgan fingerprint density at radius 2 is 1.86 bits per heavy atom. The number of amides is 1. The molecule has 0 radical (unpaired) electrons. The van der Waals surface area contributed by atoms with Crippen LogP contribution in [0.1, 0.15) is 37.3 Å². The van der Waals surface area contributed by atoms with E-state index in [-0.39, 0.29) is 18.1 Å². The van der Waals surface area contributed by atoms with Gasteiger partial charge in [0.15, 0.2) is 11.7 Å². The Kier molecular flexibility index (Phi) is 5.93. The second-order valence-corrected chi connectivity index (χ2v) is 7.62. The maximum absolute atomic E-state index is 14.0. The fourth-order valence-electron chi connectivity index (χ4n) is 3.01. The number of rotatable bonds is 7. The van der Waals surface area contributed by atoms with E-state index in [1.165, 1.54) is 11.6 Å². The summed E-state index contributed by atoms with van der Waals surface area (Å²) in [4.78, 5) is 16.5. The highest BCUT2D eigenvalue weighted by atomic mass is 19.1. The Labute approximate surface area is 164 Å². The zero-order chi connectivity index (χ0) is 20.1. The molecule has 2 aromatic carbocycles. The van der Waals surface area contributed by atoms with E-state index < -0.39 is 5.41 Å². The molecule has 0 spiro atoms. The Balaban J connectivity index is 1.52. The summed E-state index contributed by atoms with van der Waals surface area (Å²) in [6.45, 7) is 6.20. The first-order valence-corrected chi connectivity index (χ1v) is 9.38. The molecule has 3 rings (SSSR count). The van der Waals surface area contributed by atoms with Gasteiger partial charge in [-0.05, 0) is 18.6 Å². The van der Waals surface area contributed by atoms with Gasteiger partial charge in [-0.15, -0.1) is 0 Å². The number of carbonyl (C=O) groups is 1. The van der Waals surface area contributed by atoms with Crippen molar-refractivity contribution in [2.75, 3.05) is 6.54 Å². The first-order chi connectivity index (χ1) is 13.3. The molecule has 1 amide bonds. The van der Waals surface area contributed by atoms with Crippen LogP contribution in [-0.2, 0) is 16.6 Å². The minimum absolute atomic E-state index is 0.112. The van der Waals surface area contributed by atoms with Gasteiger partial charge in [-0.3, -0.25) is 4.79 Å². The zero-order valence-corrected chi connectivity index (χ0v) is 16.5. The molecule has 0 aliphatic rings. The van der Waals surface area contributed by atoms with E-state index in [4.69, 9.17) is 4.42 Å². The van der Waals surface area contributed by atoms with Gasteiger partial charge in [0.25, 0.3) is 0 Å². The van der Waals surface area contributed by atoms with Crippen LogP contribution in [0.2, 0.25) is 0 Å². The first-order valence-electron chi connectivity index (χ1n) is 9.38. The van der Waals surface area contributed by atoms with E-state index in [1.54, 1.807) is 24.4 Å². The number of halogens is 1. The molecular formula is C23H25FN2O2. The van der Waals surface area contributed by atoms with Crippen molar-refractivity contribution in [2.45, 2.75) is 39.0 Å². The molecule has 0 saturated heterocycles. The van der Waals surface area contributed by atoms with Crippen LogP contribution in [0.4, 0.5) is 4.39 Å². The highest BCUT2D eigenvalue weighted by Crippen LogP contribution is 2.25. The average molecular weight is 380 g/mol. The van der Waals surface area contributed by atoms with Gasteiger partial charge in [-0.25, -0.2) is 9.37 Å². The molecule has 28 heavy (non-hydrogen) atoms. The summed E-state index contributed by atoms with van der Waals surface area (Å²) in [7, 11) is 0. The number of nitrogens with zero attached hydrogens (tertiary/aromatic N) is 1. The number of oxazole rings is 1. The Morgan fingerprint density at radius 1 is 1.14 bits per heavy atom. The van der Waals surface area contributed by atoms with Gasteiger partial charge in [-0.2, -0.15) is 0 Å². The molecule has 3 aromatic rings. The Morgan fingerprint density at radius 3 is 2.57 bits per heavy atom. The van der Waals surface area contributed by atoms with E-state index in [1.807, 2.05) is 45.0 Å². The van der Waals surface area contributed by atoms with E-state index in [0.717, 1.165) is 5.56 Å². The minimum Gasteiger partial charge on any atom is -0.441 e. The Bertz CT molecular complexity index is 945. The van der Waals surface area contributed by atoms with Crippen molar-refractivity contribution in [1.29, 1.82) is 0 Å². The van der Waals surface area contributed by atoms with Crippen molar-refractivity contribution in [1.82, 2.24) is 10.3 Å². The van der Waals surface area contributed by atoms with Gasteiger partial charge in [0, 0.05) is 30.4 Å². The third kappa shape index (κ3) is 4.85. The van der Waals surface area contributed by atoms with Crippen LogP contribution in [-0.4, -0.2) is 17.4 Å². The van der Waals surface area contributed by atoms with Crippen LogP contribution in [0.25, 0.3) is 11.3 Å². The third-order valence-electron chi connectivity index (χ3n) is 4.79. The number of hydrogen-bond donors (Lipinski definition) is 1. The lowest BCUT2D eigenvalue weighted by molar-refractivity contribution is -0.121. The summed E-state index contributed by atoms with van der Waals surface area (Å²) >= 11 is 0. The Hall–Kier alpha value is -2.95. The monoisotopic (exact) mass is 380 g/mol. The quantitative estimate of drug-likeness (QED) is 0.640. The highest BCUT2D eigenvalue weighted by Gasteiger charge is 2.24. The molecule has 0 fully saturated rings. The second kappa shape index (κ2) is 8.38. The van der Waals surface area contributed by atoms with E-state index in [9.17, 15) is 9.18 Å². The summed E-state index contributed by atoms with van der Waals surface area (Å²) in [6.07, 6.45) is 2.36. The van der Waals surface area contributed by atoms with Crippen molar-refractivity contribution in [3.05, 3.63) is 77.6 Å². The molecule has 0 unspecified atom stereocenters. The lowest BCUT2D eigenvalue weighted by atomic mass is 9.84. The number of aryl methyl sites for hydroxylation is 2. The minimum atomic E-state index is -0.497. The van der Waals surface area contributed by atoms with Gasteiger partial charge in [0.1, 0.15) is 5.82 Å². The lowest BCUT2D eigenvalue weighted by Crippen LogP contribution is -2.37. The van der Waals surface area contributed by atoms with Crippen LogP contribution in [0.15, 0.2) is 59.1 Å². The number of benzene rings is 2. The summed E-state index contributed by atoms with van der Waals surface area (Å²) in [5.41, 5.74) is 2.23. The maximum Gasteiger partial charge on any atom is 0.220 e. The van der Waals surface area contributed by atoms with Gasteiger partial charge in [0.05, 0.1) is 6.20 Å². The van der Waals surface area contributed by atoms with Crippen molar-refractivity contribution in [3.8, 4) is 11.3 Å². The van der Waals surface area contributed by atoms with Crippen LogP contribution < -0.4 is 5.32 Å². The fourth-order valence-corrected chi connectivity index (χ4v) is 3.01. The van der Waals surface area contributed by atoms with Crippen molar-refractivity contribution in [2.24, 2.45) is 0 Å². The van der Waals surface area contributed by atoms with E-state index >= 15 is 0 Å². The summed E-state index contributed by atoms with van der Waals surface area (Å²) in [5, 5.41) is 2.89. The molecule has 4 nitrogen and oxygen atoms in total. The van der Waals surface area contributed by atoms with Crippen molar-refractivity contribution in [3.63, 3.8) is 0 Å². The van der Waals surface area contributed by atoms with Crippen molar-refractivity contribution >= 4 is 5.91 Å². The van der Waals surface area contributed by atoms with Crippen LogP contribution in [0, 0.1) is 12.7 Å². The normalized spacial score (nSPS) is 11.4. The van der Waals surface area contributed by atoms with Gasteiger partial charge in [0.2, 0.25) is 5.91 Å². The molecule has 0 saturated carbocycles. The highest BCUT2D eigenvalue weighted by molar-refractivity contribution is 5.76. The maximum atomic E-state index is 14.0. The van der Waals surface area contributed by atoms with Gasteiger partial charge in [-0.1, -0.05) is 61.9 Å². The van der Waals surface area contributed by atoms with E-state index in [0.29, 0.717) is 30.2 Å². The second-order valence-electron chi connectivity index (χ2n) is 7.62. The van der Waals surface area contributed by atoms with Crippen LogP contribution >= 0.6 is 0 Å². The van der Waals surface area contributed by atoms with Gasteiger partial charge >= 0.3 is 0 Å². The van der Waals surface area contributed by atoms with Crippen molar-refractivity contribution < 1.29 is 13.6 Å². The predicted octanol–water partition coefficient (Wildman–Crippen LogP) is 4.82. The lowest BCUT2D eigenvalue weighted by Gasteiger charge is -2.26. The zero-order valence-electron chi connectivity index (χ0n) is 16.5. The molecule has 1 N–H and O–H groups in total. The smallest absolute Gasteiger partial charge is 0.220 e. The molecule has 146 valence electrons.